The Bertz CT molecular complexity index is 860. The van der Waals surface area contributed by atoms with Crippen LogP contribution in [-0.4, -0.2) is 63.6 Å². The number of hydrogen-bond acceptors (Lipinski definition) is 7. The van der Waals surface area contributed by atoms with Crippen molar-refractivity contribution in [3.8, 4) is 5.75 Å². The molecule has 0 aliphatic carbocycles. The molecular weight excluding hydrogens is 350 g/mol. The molecule has 2 aliphatic heterocycles. The van der Waals surface area contributed by atoms with Crippen molar-refractivity contribution >= 4 is 23.5 Å². The van der Waals surface area contributed by atoms with Gasteiger partial charge in [-0.05, 0) is 30.7 Å². The van der Waals surface area contributed by atoms with Crippen molar-refractivity contribution < 1.29 is 19.4 Å². The number of ether oxygens (including phenoxy) is 1. The van der Waals surface area contributed by atoms with Crippen LogP contribution in [0.4, 0.5) is 11.6 Å². The molecule has 3 heterocycles. The summed E-state index contributed by atoms with van der Waals surface area (Å²) in [5.74, 6) is 0.516. The number of carbonyl (C=O) groups is 2. The van der Waals surface area contributed by atoms with E-state index in [1.807, 2.05) is 0 Å². The molecule has 27 heavy (non-hydrogen) atoms. The quantitative estimate of drug-likeness (QED) is 0.721. The molecule has 3 N–H and O–H groups in total. The molecule has 2 atom stereocenters. The molecule has 9 heteroatoms. The molecular formula is C18H19N5O4. The molecule has 1 aromatic heterocycles. The number of rotatable bonds is 3. The van der Waals surface area contributed by atoms with E-state index >= 15 is 0 Å². The number of hydrogen-bond donors (Lipinski definition) is 3. The number of piperidine rings is 1. The van der Waals surface area contributed by atoms with Gasteiger partial charge in [0, 0.05) is 31.0 Å². The fourth-order valence-electron chi connectivity index (χ4n) is 3.21. The fraction of sp³-hybridized carbons (Fsp3) is 0.333. The first-order valence-electron chi connectivity index (χ1n) is 8.68. The van der Waals surface area contributed by atoms with Gasteiger partial charge in [-0.15, -0.1) is 0 Å². The van der Waals surface area contributed by atoms with Crippen molar-refractivity contribution in [2.45, 2.75) is 18.6 Å². The lowest BCUT2D eigenvalue weighted by Gasteiger charge is -2.36. The molecule has 1 fully saturated rings. The van der Waals surface area contributed by atoms with Crippen LogP contribution in [0.25, 0.3) is 0 Å². The molecule has 0 saturated carbocycles. The van der Waals surface area contributed by atoms with Crippen LogP contribution in [0.5, 0.6) is 5.75 Å². The van der Waals surface area contributed by atoms with Gasteiger partial charge >= 0.3 is 0 Å². The Balaban J connectivity index is 1.41. The van der Waals surface area contributed by atoms with E-state index in [1.54, 1.807) is 41.6 Å². The first-order chi connectivity index (χ1) is 13.1. The minimum atomic E-state index is -0.736. The van der Waals surface area contributed by atoms with E-state index in [4.69, 9.17) is 4.74 Å². The molecule has 0 spiro atoms. The Morgan fingerprint density at radius 1 is 1.33 bits per heavy atom. The molecule has 2 aromatic rings. The van der Waals surface area contributed by atoms with Gasteiger partial charge in [-0.1, -0.05) is 0 Å². The van der Waals surface area contributed by atoms with Gasteiger partial charge < -0.3 is 25.4 Å². The van der Waals surface area contributed by atoms with Crippen LogP contribution in [0.15, 0.2) is 36.7 Å². The number of nitrogens with one attached hydrogen (secondary N) is 2. The SMILES string of the molecule is O=C1COc2cc(C(=O)N3CC[C@H](Nc4ncccn4)[C@@H](O)C3)ccc2N1. The Morgan fingerprint density at radius 3 is 2.93 bits per heavy atom. The molecule has 0 bridgehead atoms. The lowest BCUT2D eigenvalue weighted by molar-refractivity contribution is -0.118. The average molecular weight is 369 g/mol. The predicted octanol–water partition coefficient (Wildman–Crippen LogP) is 0.495. The maximum Gasteiger partial charge on any atom is 0.262 e. The molecule has 140 valence electrons. The number of fused-ring (bicyclic) bond motifs is 1. The summed E-state index contributed by atoms with van der Waals surface area (Å²) in [6.45, 7) is 0.634. The summed E-state index contributed by atoms with van der Waals surface area (Å²) in [6.07, 6.45) is 3.09. The van der Waals surface area contributed by atoms with E-state index in [0.717, 1.165) is 0 Å². The van der Waals surface area contributed by atoms with Gasteiger partial charge in [0.25, 0.3) is 11.8 Å². The number of likely N-dealkylation sites (tertiary alicyclic amines) is 1. The minimum absolute atomic E-state index is 0.0675. The molecule has 1 saturated heterocycles. The molecule has 2 aliphatic rings. The van der Waals surface area contributed by atoms with Gasteiger partial charge in [-0.25, -0.2) is 9.97 Å². The zero-order valence-electron chi connectivity index (χ0n) is 14.5. The van der Waals surface area contributed by atoms with E-state index in [1.165, 1.54) is 0 Å². The van der Waals surface area contributed by atoms with Crippen LogP contribution in [-0.2, 0) is 4.79 Å². The first kappa shape index (κ1) is 17.2. The van der Waals surface area contributed by atoms with Gasteiger partial charge in [0.2, 0.25) is 5.95 Å². The maximum absolute atomic E-state index is 12.8. The largest absolute Gasteiger partial charge is 0.482 e. The summed E-state index contributed by atoms with van der Waals surface area (Å²) in [6, 6.07) is 6.41. The number of aromatic nitrogens is 2. The number of carbonyl (C=O) groups excluding carboxylic acids is 2. The Hall–Kier alpha value is -3.20. The summed E-state index contributed by atoms with van der Waals surface area (Å²) in [5, 5.41) is 16.2. The highest BCUT2D eigenvalue weighted by atomic mass is 16.5. The van der Waals surface area contributed by atoms with Gasteiger partial charge in [0.05, 0.1) is 17.8 Å². The van der Waals surface area contributed by atoms with Crippen molar-refractivity contribution in [2.75, 3.05) is 30.3 Å². The summed E-state index contributed by atoms with van der Waals surface area (Å²) in [5.41, 5.74) is 1.00. The first-order valence-corrected chi connectivity index (χ1v) is 8.68. The van der Waals surface area contributed by atoms with E-state index < -0.39 is 6.10 Å². The standard InChI is InChI=1S/C18H19N5O4/c24-14-9-23(7-4-12(14)22-18-19-5-1-6-20-18)17(26)11-2-3-13-15(8-11)27-10-16(25)21-13/h1-3,5-6,8,12,14,24H,4,7,9-10H2,(H,21,25)(H,19,20,22)/t12-,14-/m0/s1. The molecule has 1 aromatic carbocycles. The smallest absolute Gasteiger partial charge is 0.262 e. The summed E-state index contributed by atoms with van der Waals surface area (Å²) >= 11 is 0. The lowest BCUT2D eigenvalue weighted by atomic mass is 10.0. The van der Waals surface area contributed by atoms with Gasteiger partial charge in [-0.2, -0.15) is 0 Å². The van der Waals surface area contributed by atoms with Crippen LogP contribution in [0.3, 0.4) is 0 Å². The highest BCUT2D eigenvalue weighted by Gasteiger charge is 2.31. The van der Waals surface area contributed by atoms with E-state index in [0.29, 0.717) is 35.9 Å². The molecule has 9 nitrogen and oxygen atoms in total. The van der Waals surface area contributed by atoms with Crippen LogP contribution >= 0.6 is 0 Å². The zero-order valence-corrected chi connectivity index (χ0v) is 14.5. The second kappa shape index (κ2) is 7.20. The van der Waals surface area contributed by atoms with Crippen molar-refractivity contribution in [2.24, 2.45) is 0 Å². The second-order valence-electron chi connectivity index (χ2n) is 6.48. The minimum Gasteiger partial charge on any atom is -0.482 e. The number of aliphatic hydroxyl groups is 1. The van der Waals surface area contributed by atoms with E-state index in [-0.39, 0.29) is 31.0 Å². The fourth-order valence-corrected chi connectivity index (χ4v) is 3.21. The number of anilines is 2. The Kier molecular flexibility index (Phi) is 4.59. The van der Waals surface area contributed by atoms with Gasteiger partial charge in [0.1, 0.15) is 5.75 Å². The van der Waals surface area contributed by atoms with Crippen LogP contribution < -0.4 is 15.4 Å². The highest BCUT2D eigenvalue weighted by Crippen LogP contribution is 2.29. The highest BCUT2D eigenvalue weighted by molar-refractivity contribution is 5.99. The van der Waals surface area contributed by atoms with Crippen LogP contribution in [0.1, 0.15) is 16.8 Å². The topological polar surface area (TPSA) is 117 Å². The summed E-state index contributed by atoms with van der Waals surface area (Å²) < 4.78 is 5.36. The third kappa shape index (κ3) is 3.68. The normalized spacial score (nSPS) is 21.7. The lowest BCUT2D eigenvalue weighted by Crippen LogP contribution is -2.51. The molecule has 4 rings (SSSR count). The van der Waals surface area contributed by atoms with Gasteiger partial charge in [0.15, 0.2) is 6.61 Å². The van der Waals surface area contributed by atoms with Crippen molar-refractivity contribution in [3.63, 3.8) is 0 Å². The number of benzene rings is 1. The summed E-state index contributed by atoms with van der Waals surface area (Å²) in [4.78, 5) is 33.9. The second-order valence-corrected chi connectivity index (χ2v) is 6.48. The van der Waals surface area contributed by atoms with Crippen molar-refractivity contribution in [3.05, 3.63) is 42.2 Å². The predicted molar refractivity (Wildman–Crippen MR) is 96.5 cm³/mol. The molecule has 0 unspecified atom stereocenters. The Labute approximate surface area is 155 Å². The summed E-state index contributed by atoms with van der Waals surface area (Å²) in [7, 11) is 0. The molecule has 2 amide bonds. The number of β-amino-alcohol motifs (C(OH)–C–C–N with tert-alkyl or cyclic N) is 1. The number of amides is 2. The average Bonchev–Trinajstić information content (AvgIpc) is 2.69. The van der Waals surface area contributed by atoms with Crippen LogP contribution in [0, 0.1) is 0 Å². The third-order valence-corrected chi connectivity index (χ3v) is 4.61. The van der Waals surface area contributed by atoms with E-state index in [9.17, 15) is 14.7 Å². The molecule has 0 radical (unpaired) electrons. The zero-order chi connectivity index (χ0) is 18.8. The van der Waals surface area contributed by atoms with Crippen LogP contribution in [0.2, 0.25) is 0 Å². The monoisotopic (exact) mass is 369 g/mol. The van der Waals surface area contributed by atoms with Crippen molar-refractivity contribution in [1.82, 2.24) is 14.9 Å². The van der Waals surface area contributed by atoms with E-state index in [2.05, 4.69) is 20.6 Å². The van der Waals surface area contributed by atoms with Gasteiger partial charge in [-0.3, -0.25) is 9.59 Å². The Morgan fingerprint density at radius 2 is 2.15 bits per heavy atom. The number of aliphatic hydroxyl groups excluding tert-OH is 1. The van der Waals surface area contributed by atoms with Crippen molar-refractivity contribution in [1.29, 1.82) is 0 Å². The maximum atomic E-state index is 12.8. The number of nitrogens with zero attached hydrogens (tertiary/aromatic N) is 3. The third-order valence-electron chi connectivity index (χ3n) is 4.61.